The van der Waals surface area contributed by atoms with Crippen molar-refractivity contribution in [3.63, 3.8) is 0 Å². The Balaban J connectivity index is 1.69. The Hall–Kier alpha value is -2.18. The molecular weight excluding hydrogens is 395 g/mol. The van der Waals surface area contributed by atoms with Crippen molar-refractivity contribution in [2.24, 2.45) is 0 Å². The Morgan fingerprint density at radius 3 is 2.72 bits per heavy atom. The third-order valence-corrected chi connectivity index (χ3v) is 7.69. The number of anilines is 1. The van der Waals surface area contributed by atoms with Crippen LogP contribution in [0.4, 0.5) is 10.1 Å². The second-order valence-corrected chi connectivity index (χ2v) is 9.73. The first kappa shape index (κ1) is 21.5. The molecule has 1 amide bonds. The van der Waals surface area contributed by atoms with Gasteiger partial charge < -0.3 is 9.80 Å². The summed E-state index contributed by atoms with van der Waals surface area (Å²) in [5.74, 6) is -0.476. The number of carbonyl (C=O) groups excluding carboxylic acids is 1. The SMILES string of the molecule is CC1CCCS(=O)(=O)N1Cc1ccc(N2CCCN(C(=O)CC#N)CC2)cc1F. The summed E-state index contributed by atoms with van der Waals surface area (Å²) in [6, 6.07) is 6.67. The highest BCUT2D eigenvalue weighted by atomic mass is 32.2. The molecule has 0 aromatic heterocycles. The largest absolute Gasteiger partial charge is 0.370 e. The van der Waals surface area contributed by atoms with E-state index in [2.05, 4.69) is 0 Å². The summed E-state index contributed by atoms with van der Waals surface area (Å²) in [6.45, 7) is 4.24. The molecule has 0 aliphatic carbocycles. The lowest BCUT2D eigenvalue weighted by molar-refractivity contribution is -0.129. The third kappa shape index (κ3) is 5.06. The summed E-state index contributed by atoms with van der Waals surface area (Å²) in [5.41, 5.74) is 1.09. The molecule has 2 aliphatic rings. The number of nitrogens with zero attached hydrogens (tertiary/aromatic N) is 4. The minimum absolute atomic E-state index is 0.0477. The van der Waals surface area contributed by atoms with Crippen LogP contribution in [0, 0.1) is 17.1 Å². The van der Waals surface area contributed by atoms with Gasteiger partial charge in [-0.05, 0) is 38.3 Å². The number of amides is 1. The number of sulfonamides is 1. The summed E-state index contributed by atoms with van der Waals surface area (Å²) in [6.07, 6.45) is 2.04. The van der Waals surface area contributed by atoms with E-state index in [0.717, 1.165) is 18.5 Å². The van der Waals surface area contributed by atoms with Crippen molar-refractivity contribution < 1.29 is 17.6 Å². The number of benzene rings is 1. The standard InChI is InChI=1S/C20H27FN4O3S/c1-16-4-2-13-29(27,28)25(16)15-17-5-6-18(14-19(17)21)23-9-3-10-24(12-11-23)20(26)7-8-22/h5-6,14,16H,2-4,7,9-13,15H2,1H3. The van der Waals surface area contributed by atoms with Crippen LogP contribution in [-0.4, -0.2) is 61.5 Å². The highest BCUT2D eigenvalue weighted by Gasteiger charge is 2.32. The molecule has 7 nitrogen and oxygen atoms in total. The number of nitriles is 1. The fourth-order valence-corrected chi connectivity index (χ4v) is 5.74. The van der Waals surface area contributed by atoms with Crippen LogP contribution >= 0.6 is 0 Å². The maximum atomic E-state index is 14.8. The van der Waals surface area contributed by atoms with Crippen molar-refractivity contribution in [3.8, 4) is 6.07 Å². The minimum Gasteiger partial charge on any atom is -0.370 e. The topological polar surface area (TPSA) is 84.7 Å². The van der Waals surface area contributed by atoms with Crippen LogP contribution in [0.25, 0.3) is 0 Å². The molecule has 2 saturated heterocycles. The third-order valence-electron chi connectivity index (χ3n) is 5.68. The van der Waals surface area contributed by atoms with Crippen molar-refractivity contribution in [1.29, 1.82) is 5.26 Å². The average molecular weight is 423 g/mol. The van der Waals surface area contributed by atoms with Gasteiger partial charge in [-0.3, -0.25) is 4.79 Å². The zero-order chi connectivity index (χ0) is 21.0. The fourth-order valence-electron chi connectivity index (χ4n) is 3.98. The first-order valence-corrected chi connectivity index (χ1v) is 11.6. The Bertz CT molecular complexity index is 899. The monoisotopic (exact) mass is 422 g/mol. The van der Waals surface area contributed by atoms with Crippen LogP contribution in [0.1, 0.15) is 38.2 Å². The van der Waals surface area contributed by atoms with Gasteiger partial charge >= 0.3 is 0 Å². The Kier molecular flexibility index (Phi) is 6.75. The summed E-state index contributed by atoms with van der Waals surface area (Å²) in [5, 5.41) is 8.70. The molecule has 2 fully saturated rings. The maximum Gasteiger partial charge on any atom is 0.236 e. The van der Waals surface area contributed by atoms with Crippen LogP contribution in [0.3, 0.4) is 0 Å². The van der Waals surface area contributed by atoms with E-state index < -0.39 is 15.8 Å². The van der Waals surface area contributed by atoms with Crippen LogP contribution in [0.15, 0.2) is 18.2 Å². The van der Waals surface area contributed by atoms with Gasteiger partial charge in [0.25, 0.3) is 0 Å². The van der Waals surface area contributed by atoms with Crippen molar-refractivity contribution >= 4 is 21.6 Å². The minimum atomic E-state index is -3.35. The first-order chi connectivity index (χ1) is 13.8. The lowest BCUT2D eigenvalue weighted by Crippen LogP contribution is -2.43. The quantitative estimate of drug-likeness (QED) is 0.742. The predicted molar refractivity (Wildman–Crippen MR) is 108 cm³/mol. The van der Waals surface area contributed by atoms with Crippen LogP contribution in [-0.2, 0) is 21.4 Å². The van der Waals surface area contributed by atoms with Gasteiger partial charge in [0, 0.05) is 50.0 Å². The van der Waals surface area contributed by atoms with E-state index in [9.17, 15) is 17.6 Å². The Labute approximate surface area is 171 Å². The number of halogens is 1. The van der Waals surface area contributed by atoms with Gasteiger partial charge in [-0.1, -0.05) is 6.07 Å². The van der Waals surface area contributed by atoms with Crippen molar-refractivity contribution in [2.75, 3.05) is 36.8 Å². The fraction of sp³-hybridized carbons (Fsp3) is 0.600. The van der Waals surface area contributed by atoms with Crippen LogP contribution < -0.4 is 4.90 Å². The zero-order valence-corrected chi connectivity index (χ0v) is 17.5. The second-order valence-electron chi connectivity index (χ2n) is 7.68. The molecular formula is C20H27FN4O3S. The second kappa shape index (κ2) is 9.09. The number of hydrogen-bond donors (Lipinski definition) is 0. The summed E-state index contributed by atoms with van der Waals surface area (Å²) in [7, 11) is -3.35. The zero-order valence-electron chi connectivity index (χ0n) is 16.7. The molecule has 1 unspecified atom stereocenters. The molecule has 3 rings (SSSR count). The van der Waals surface area contributed by atoms with E-state index in [0.29, 0.717) is 38.2 Å². The number of hydrogen-bond acceptors (Lipinski definition) is 5. The first-order valence-electron chi connectivity index (χ1n) is 9.99. The van der Waals surface area contributed by atoms with Gasteiger partial charge in [0.05, 0.1) is 11.8 Å². The van der Waals surface area contributed by atoms with E-state index in [1.165, 1.54) is 10.4 Å². The van der Waals surface area contributed by atoms with Crippen LogP contribution in [0.5, 0.6) is 0 Å². The molecule has 2 aliphatic heterocycles. The van der Waals surface area contributed by atoms with E-state index >= 15 is 0 Å². The molecule has 29 heavy (non-hydrogen) atoms. The molecule has 1 aromatic carbocycles. The maximum absolute atomic E-state index is 14.8. The van der Waals surface area contributed by atoms with Gasteiger partial charge in [0.2, 0.25) is 15.9 Å². The van der Waals surface area contributed by atoms with Crippen molar-refractivity contribution in [2.45, 2.75) is 45.2 Å². The molecule has 1 atom stereocenters. The van der Waals surface area contributed by atoms with E-state index in [4.69, 9.17) is 5.26 Å². The highest BCUT2D eigenvalue weighted by Crippen LogP contribution is 2.26. The molecule has 0 radical (unpaired) electrons. The molecule has 9 heteroatoms. The van der Waals surface area contributed by atoms with Crippen molar-refractivity contribution in [1.82, 2.24) is 9.21 Å². The molecule has 0 N–H and O–H groups in total. The molecule has 1 aromatic rings. The van der Waals surface area contributed by atoms with Gasteiger partial charge in [0.15, 0.2) is 0 Å². The Morgan fingerprint density at radius 2 is 2.03 bits per heavy atom. The normalized spacial score (nSPS) is 22.7. The Morgan fingerprint density at radius 1 is 1.24 bits per heavy atom. The van der Waals surface area contributed by atoms with Crippen LogP contribution in [0.2, 0.25) is 0 Å². The summed E-state index contributed by atoms with van der Waals surface area (Å²) in [4.78, 5) is 15.6. The van der Waals surface area contributed by atoms with E-state index in [-0.39, 0.29) is 30.7 Å². The summed E-state index contributed by atoms with van der Waals surface area (Å²) < 4.78 is 40.9. The lowest BCUT2D eigenvalue weighted by Gasteiger charge is -2.32. The lowest BCUT2D eigenvalue weighted by atomic mass is 10.1. The average Bonchev–Trinajstić information content (AvgIpc) is 2.92. The number of rotatable bonds is 4. The van der Waals surface area contributed by atoms with E-state index in [1.54, 1.807) is 11.0 Å². The van der Waals surface area contributed by atoms with Gasteiger partial charge in [0.1, 0.15) is 12.2 Å². The molecule has 2 heterocycles. The van der Waals surface area contributed by atoms with Crippen molar-refractivity contribution in [3.05, 3.63) is 29.6 Å². The molecule has 158 valence electrons. The molecule has 0 saturated carbocycles. The van der Waals surface area contributed by atoms with E-state index in [1.807, 2.05) is 24.0 Å². The smallest absolute Gasteiger partial charge is 0.236 e. The highest BCUT2D eigenvalue weighted by molar-refractivity contribution is 7.89. The molecule has 0 bridgehead atoms. The summed E-state index contributed by atoms with van der Waals surface area (Å²) >= 11 is 0. The van der Waals surface area contributed by atoms with Gasteiger partial charge in [-0.2, -0.15) is 9.57 Å². The van der Waals surface area contributed by atoms with Gasteiger partial charge in [-0.15, -0.1) is 0 Å². The predicted octanol–water partition coefficient (Wildman–Crippen LogP) is 2.09. The van der Waals surface area contributed by atoms with Gasteiger partial charge in [-0.25, -0.2) is 12.8 Å². The molecule has 0 spiro atoms. The number of carbonyl (C=O) groups is 1.